The van der Waals surface area contributed by atoms with Gasteiger partial charge in [-0.1, -0.05) is 0 Å². The van der Waals surface area contributed by atoms with Crippen LogP contribution in [0.2, 0.25) is 0 Å². The highest BCUT2D eigenvalue weighted by Gasteiger charge is 2.46. The van der Waals surface area contributed by atoms with Crippen molar-refractivity contribution in [3.05, 3.63) is 0 Å². The maximum atomic E-state index is 12.4. The van der Waals surface area contributed by atoms with Crippen molar-refractivity contribution in [3.8, 4) is 0 Å². The van der Waals surface area contributed by atoms with Gasteiger partial charge in [-0.25, -0.2) is 0 Å². The van der Waals surface area contributed by atoms with Gasteiger partial charge < -0.3 is 10.1 Å². The zero-order valence-electron chi connectivity index (χ0n) is 11.2. The van der Waals surface area contributed by atoms with E-state index in [1.165, 1.54) is 5.75 Å². The first kappa shape index (κ1) is 14.2. The van der Waals surface area contributed by atoms with E-state index in [-0.39, 0.29) is 11.5 Å². The number of hydrogen-bond donors (Lipinski definition) is 1. The van der Waals surface area contributed by atoms with E-state index in [4.69, 9.17) is 4.74 Å². The lowest BCUT2D eigenvalue weighted by Gasteiger charge is -2.43. The van der Waals surface area contributed by atoms with Crippen LogP contribution in [0.15, 0.2) is 0 Å². The van der Waals surface area contributed by atoms with Gasteiger partial charge in [-0.3, -0.25) is 9.69 Å². The van der Waals surface area contributed by atoms with Gasteiger partial charge in [0.1, 0.15) is 5.54 Å². The Morgan fingerprint density at radius 3 is 3.00 bits per heavy atom. The Balaban J connectivity index is 2.13. The first-order chi connectivity index (χ1) is 8.79. The first-order valence-corrected chi connectivity index (χ1v) is 8.16. The second kappa shape index (κ2) is 6.78. The molecule has 0 aliphatic carbocycles. The fourth-order valence-corrected chi connectivity index (χ4v) is 4.13. The normalized spacial score (nSPS) is 30.7. The van der Waals surface area contributed by atoms with Gasteiger partial charge in [0.2, 0.25) is 0 Å². The molecule has 0 aromatic carbocycles. The quantitative estimate of drug-likeness (QED) is 0.780. The maximum absolute atomic E-state index is 12.4. The number of ether oxygens (including phenoxy) is 1. The Bertz CT molecular complexity index is 272. The Morgan fingerprint density at radius 2 is 2.28 bits per heavy atom. The van der Waals surface area contributed by atoms with Crippen molar-refractivity contribution in [3.63, 3.8) is 0 Å². The number of nitrogens with zero attached hydrogens (tertiary/aromatic N) is 1. The van der Waals surface area contributed by atoms with Crippen LogP contribution in [0, 0.1) is 0 Å². The van der Waals surface area contributed by atoms with E-state index in [2.05, 4.69) is 10.2 Å². The lowest BCUT2D eigenvalue weighted by Crippen LogP contribution is -2.59. The molecular weight excluding hydrogens is 248 g/mol. The van der Waals surface area contributed by atoms with E-state index >= 15 is 0 Å². The lowest BCUT2D eigenvalue weighted by molar-refractivity contribution is -0.157. The molecule has 18 heavy (non-hydrogen) atoms. The molecule has 2 rings (SSSR count). The molecular formula is C13H24N2O2S. The van der Waals surface area contributed by atoms with Crippen molar-refractivity contribution < 1.29 is 9.53 Å². The van der Waals surface area contributed by atoms with Crippen molar-refractivity contribution in [1.82, 2.24) is 10.2 Å². The molecule has 0 spiro atoms. The predicted octanol–water partition coefficient (Wildman–Crippen LogP) is 1.11. The van der Waals surface area contributed by atoms with E-state index in [1.807, 2.05) is 18.7 Å². The molecule has 2 saturated heterocycles. The van der Waals surface area contributed by atoms with Gasteiger partial charge in [-0.2, -0.15) is 11.8 Å². The van der Waals surface area contributed by atoms with Crippen molar-refractivity contribution in [2.45, 2.75) is 31.7 Å². The third-order valence-electron chi connectivity index (χ3n) is 3.82. The lowest BCUT2D eigenvalue weighted by atomic mass is 9.92. The standard InChI is InChI=1S/C13H24N2O2S/c1-2-17-12(16)13(5-3-10-18-11-13)15-8-4-6-14-7-9-15/h14H,2-11H2,1H3. The molecule has 1 atom stereocenters. The van der Waals surface area contributed by atoms with E-state index in [1.54, 1.807) is 0 Å². The molecule has 2 fully saturated rings. The number of carbonyl (C=O) groups is 1. The minimum atomic E-state index is -0.356. The summed E-state index contributed by atoms with van der Waals surface area (Å²) in [7, 11) is 0. The Labute approximate surface area is 114 Å². The summed E-state index contributed by atoms with van der Waals surface area (Å²) in [4.78, 5) is 14.8. The number of esters is 1. The van der Waals surface area contributed by atoms with Crippen molar-refractivity contribution in [2.24, 2.45) is 0 Å². The summed E-state index contributed by atoms with van der Waals surface area (Å²) < 4.78 is 5.36. The molecule has 5 heteroatoms. The van der Waals surface area contributed by atoms with E-state index in [0.29, 0.717) is 6.61 Å². The molecule has 0 radical (unpaired) electrons. The van der Waals surface area contributed by atoms with Crippen LogP contribution in [0.3, 0.4) is 0 Å². The first-order valence-electron chi connectivity index (χ1n) is 7.00. The van der Waals surface area contributed by atoms with Crippen molar-refractivity contribution in [2.75, 3.05) is 44.3 Å². The van der Waals surface area contributed by atoms with Gasteiger partial charge >= 0.3 is 5.97 Å². The molecule has 104 valence electrons. The van der Waals surface area contributed by atoms with E-state index in [0.717, 1.165) is 51.2 Å². The summed E-state index contributed by atoms with van der Waals surface area (Å²) in [6.07, 6.45) is 3.19. The van der Waals surface area contributed by atoms with E-state index < -0.39 is 0 Å². The summed E-state index contributed by atoms with van der Waals surface area (Å²) in [6, 6.07) is 0. The second-order valence-electron chi connectivity index (χ2n) is 5.00. The highest BCUT2D eigenvalue weighted by Crippen LogP contribution is 2.33. The fraction of sp³-hybridized carbons (Fsp3) is 0.923. The van der Waals surface area contributed by atoms with Gasteiger partial charge in [0.15, 0.2) is 0 Å². The van der Waals surface area contributed by atoms with Crippen LogP contribution < -0.4 is 5.32 Å². The van der Waals surface area contributed by atoms with Gasteiger partial charge in [-0.15, -0.1) is 0 Å². The number of hydrogen-bond acceptors (Lipinski definition) is 5. The smallest absolute Gasteiger partial charge is 0.327 e. The SMILES string of the molecule is CCOC(=O)C1(N2CCCNCC2)CCCSC1. The average Bonchev–Trinajstić information content (AvgIpc) is 2.69. The zero-order valence-corrected chi connectivity index (χ0v) is 12.1. The van der Waals surface area contributed by atoms with Crippen LogP contribution in [0.4, 0.5) is 0 Å². The topological polar surface area (TPSA) is 41.6 Å². The minimum absolute atomic E-state index is 0.000833. The van der Waals surface area contributed by atoms with Crippen LogP contribution in [-0.2, 0) is 9.53 Å². The fourth-order valence-electron chi connectivity index (χ4n) is 2.86. The summed E-state index contributed by atoms with van der Waals surface area (Å²) in [5, 5.41) is 3.40. The van der Waals surface area contributed by atoms with Crippen LogP contribution in [0.5, 0.6) is 0 Å². The minimum Gasteiger partial charge on any atom is -0.465 e. The van der Waals surface area contributed by atoms with Crippen LogP contribution >= 0.6 is 11.8 Å². The molecule has 4 nitrogen and oxygen atoms in total. The number of carbonyl (C=O) groups excluding carboxylic acids is 1. The molecule has 2 heterocycles. The highest BCUT2D eigenvalue weighted by molar-refractivity contribution is 7.99. The monoisotopic (exact) mass is 272 g/mol. The third-order valence-corrected chi connectivity index (χ3v) is 5.08. The number of nitrogens with one attached hydrogen (secondary N) is 1. The largest absolute Gasteiger partial charge is 0.465 e. The summed E-state index contributed by atoms with van der Waals surface area (Å²) >= 11 is 1.89. The van der Waals surface area contributed by atoms with Crippen LogP contribution in [0.1, 0.15) is 26.2 Å². The Kier molecular flexibility index (Phi) is 5.33. The summed E-state index contributed by atoms with van der Waals surface area (Å²) in [5.74, 6) is 2.07. The average molecular weight is 272 g/mol. The summed E-state index contributed by atoms with van der Waals surface area (Å²) in [5.41, 5.74) is -0.356. The second-order valence-corrected chi connectivity index (χ2v) is 6.10. The van der Waals surface area contributed by atoms with Gasteiger partial charge in [0.25, 0.3) is 0 Å². The molecule has 0 saturated carbocycles. The molecule has 2 aliphatic heterocycles. The highest BCUT2D eigenvalue weighted by atomic mass is 32.2. The summed E-state index contributed by atoms with van der Waals surface area (Å²) in [6.45, 7) is 6.38. The third kappa shape index (κ3) is 3.00. The van der Waals surface area contributed by atoms with Gasteiger partial charge in [0.05, 0.1) is 6.61 Å². The number of rotatable bonds is 3. The van der Waals surface area contributed by atoms with Crippen molar-refractivity contribution >= 4 is 17.7 Å². The van der Waals surface area contributed by atoms with Crippen LogP contribution in [-0.4, -0.2) is 60.7 Å². The molecule has 2 aliphatic rings. The molecule has 0 bridgehead atoms. The maximum Gasteiger partial charge on any atom is 0.327 e. The van der Waals surface area contributed by atoms with Crippen LogP contribution in [0.25, 0.3) is 0 Å². The van der Waals surface area contributed by atoms with Crippen molar-refractivity contribution in [1.29, 1.82) is 0 Å². The molecule has 0 aromatic rings. The Morgan fingerprint density at radius 1 is 1.39 bits per heavy atom. The zero-order chi connectivity index (χ0) is 12.8. The molecule has 1 N–H and O–H groups in total. The number of thioether (sulfide) groups is 1. The Hall–Kier alpha value is -0.260. The van der Waals surface area contributed by atoms with E-state index in [9.17, 15) is 4.79 Å². The van der Waals surface area contributed by atoms with Gasteiger partial charge in [0, 0.05) is 25.4 Å². The molecule has 0 aromatic heterocycles. The predicted molar refractivity (Wildman–Crippen MR) is 75.0 cm³/mol. The molecule has 1 unspecified atom stereocenters. The van der Waals surface area contributed by atoms with Gasteiger partial charge in [-0.05, 0) is 38.5 Å². The molecule has 0 amide bonds.